The highest BCUT2D eigenvalue weighted by molar-refractivity contribution is 4.81. The maximum absolute atomic E-state index is 5.78. The lowest BCUT2D eigenvalue weighted by molar-refractivity contribution is -0.116. The summed E-state index contributed by atoms with van der Waals surface area (Å²) in [5.74, 6) is 2.22. The summed E-state index contributed by atoms with van der Waals surface area (Å²) in [6.45, 7) is 11.3. The van der Waals surface area contributed by atoms with Crippen molar-refractivity contribution >= 4 is 0 Å². The molecule has 0 saturated carbocycles. The second-order valence-corrected chi connectivity index (χ2v) is 4.12. The highest BCUT2D eigenvalue weighted by atomic mass is 16.5. The minimum atomic E-state index is 0.441. The van der Waals surface area contributed by atoms with E-state index in [9.17, 15) is 0 Å². The quantitative estimate of drug-likeness (QED) is 0.524. The zero-order valence-electron chi connectivity index (χ0n) is 8.29. The van der Waals surface area contributed by atoms with Gasteiger partial charge < -0.3 is 4.74 Å². The molecule has 0 aromatic heterocycles. The predicted octanol–water partition coefficient (Wildman–Crippen LogP) is 2.70. The highest BCUT2D eigenvalue weighted by Gasteiger charge is 2.34. The summed E-state index contributed by atoms with van der Waals surface area (Å²) in [6, 6.07) is 0. The number of ether oxygens (including phenoxy) is 1. The van der Waals surface area contributed by atoms with Gasteiger partial charge in [-0.2, -0.15) is 0 Å². The van der Waals surface area contributed by atoms with Gasteiger partial charge in [0.2, 0.25) is 0 Å². The molecule has 1 aliphatic heterocycles. The van der Waals surface area contributed by atoms with Crippen molar-refractivity contribution < 1.29 is 4.74 Å². The molecule has 66 valence electrons. The predicted molar refractivity (Wildman–Crippen MR) is 47.5 cm³/mol. The van der Waals surface area contributed by atoms with Crippen LogP contribution in [0, 0.1) is 17.8 Å². The molecule has 0 amide bonds. The van der Waals surface area contributed by atoms with E-state index in [1.54, 1.807) is 0 Å². The van der Waals surface area contributed by atoms with E-state index in [0.29, 0.717) is 24.0 Å². The minimum Gasteiger partial charge on any atom is -0.375 e. The third kappa shape index (κ3) is 1.58. The number of hydrogen-bond donors (Lipinski definition) is 0. The molecule has 1 saturated heterocycles. The summed E-state index contributed by atoms with van der Waals surface area (Å²) in [6.07, 6.45) is 0.882. The molecule has 0 N–H and O–H groups in total. The van der Waals surface area contributed by atoms with Crippen molar-refractivity contribution in [3.63, 3.8) is 0 Å². The van der Waals surface area contributed by atoms with Crippen LogP contribution in [0.4, 0.5) is 0 Å². The monoisotopic (exact) mass is 156 g/mol. The standard InChI is InChI=1S/C10H20O/c1-6-7(2)9(4)11-10(5)8(6)3/h6-10H,1-5H3/t6?,7-,8?,9?,10?/m1/s1. The molecule has 0 aromatic rings. The summed E-state index contributed by atoms with van der Waals surface area (Å²) in [5, 5.41) is 0. The molecule has 0 aromatic carbocycles. The average molecular weight is 156 g/mol. The van der Waals surface area contributed by atoms with Gasteiger partial charge in [0.1, 0.15) is 0 Å². The van der Waals surface area contributed by atoms with Crippen LogP contribution in [0.15, 0.2) is 0 Å². The van der Waals surface area contributed by atoms with Gasteiger partial charge in [-0.1, -0.05) is 20.8 Å². The van der Waals surface area contributed by atoms with Gasteiger partial charge in [0.05, 0.1) is 12.2 Å². The summed E-state index contributed by atoms with van der Waals surface area (Å²) in [5.41, 5.74) is 0. The molecule has 11 heavy (non-hydrogen) atoms. The SMILES string of the molecule is CC1OC(C)[C@H](C)C(C)C1C. The first-order valence-corrected chi connectivity index (χ1v) is 4.69. The molecular formula is C10H20O. The van der Waals surface area contributed by atoms with Crippen LogP contribution in [0.5, 0.6) is 0 Å². The fraction of sp³-hybridized carbons (Fsp3) is 1.00. The molecule has 0 bridgehead atoms. The molecule has 1 aliphatic rings. The Morgan fingerprint density at radius 2 is 1.00 bits per heavy atom. The maximum atomic E-state index is 5.78. The summed E-state index contributed by atoms with van der Waals surface area (Å²) < 4.78 is 5.78. The van der Waals surface area contributed by atoms with Crippen LogP contribution >= 0.6 is 0 Å². The first-order chi connectivity index (χ1) is 5.04. The van der Waals surface area contributed by atoms with Gasteiger partial charge in [-0.25, -0.2) is 0 Å². The van der Waals surface area contributed by atoms with E-state index >= 15 is 0 Å². The third-order valence-corrected chi connectivity index (χ3v) is 3.57. The summed E-state index contributed by atoms with van der Waals surface area (Å²) in [4.78, 5) is 0. The van der Waals surface area contributed by atoms with Gasteiger partial charge >= 0.3 is 0 Å². The molecule has 1 nitrogen and oxygen atoms in total. The Hall–Kier alpha value is -0.0400. The second-order valence-electron chi connectivity index (χ2n) is 4.12. The number of rotatable bonds is 0. The first-order valence-electron chi connectivity index (χ1n) is 4.69. The smallest absolute Gasteiger partial charge is 0.0578 e. The lowest BCUT2D eigenvalue weighted by Crippen LogP contribution is -2.41. The van der Waals surface area contributed by atoms with Crippen LogP contribution in [0.25, 0.3) is 0 Å². The summed E-state index contributed by atoms with van der Waals surface area (Å²) >= 11 is 0. The maximum Gasteiger partial charge on any atom is 0.0578 e. The van der Waals surface area contributed by atoms with Gasteiger partial charge in [0, 0.05) is 0 Å². The lowest BCUT2D eigenvalue weighted by atomic mass is 9.77. The van der Waals surface area contributed by atoms with Crippen LogP contribution in [0.2, 0.25) is 0 Å². The molecule has 0 radical (unpaired) electrons. The largest absolute Gasteiger partial charge is 0.375 e. The molecular weight excluding hydrogens is 136 g/mol. The molecule has 1 fully saturated rings. The molecule has 1 heterocycles. The fourth-order valence-corrected chi connectivity index (χ4v) is 1.92. The Bertz CT molecular complexity index is 119. The average Bonchev–Trinajstić information content (AvgIpc) is 1.97. The van der Waals surface area contributed by atoms with E-state index in [1.165, 1.54) is 0 Å². The van der Waals surface area contributed by atoms with E-state index in [0.717, 1.165) is 5.92 Å². The van der Waals surface area contributed by atoms with E-state index in [1.807, 2.05) is 0 Å². The van der Waals surface area contributed by atoms with E-state index in [4.69, 9.17) is 4.74 Å². The Morgan fingerprint density at radius 3 is 1.36 bits per heavy atom. The molecule has 5 atom stereocenters. The van der Waals surface area contributed by atoms with Crippen LogP contribution < -0.4 is 0 Å². The van der Waals surface area contributed by atoms with Crippen molar-refractivity contribution in [2.45, 2.75) is 46.8 Å². The van der Waals surface area contributed by atoms with Crippen LogP contribution in [0.1, 0.15) is 34.6 Å². The Morgan fingerprint density at radius 1 is 0.636 bits per heavy atom. The van der Waals surface area contributed by atoms with Crippen LogP contribution in [-0.2, 0) is 4.74 Å². The normalized spacial score (nSPS) is 52.6. The molecule has 0 aliphatic carbocycles. The lowest BCUT2D eigenvalue weighted by Gasteiger charge is -2.41. The Balaban J connectivity index is 2.63. The number of hydrogen-bond acceptors (Lipinski definition) is 1. The van der Waals surface area contributed by atoms with Crippen molar-refractivity contribution in [3.05, 3.63) is 0 Å². The Kier molecular flexibility index (Phi) is 2.58. The van der Waals surface area contributed by atoms with E-state index in [-0.39, 0.29) is 0 Å². The second kappa shape index (κ2) is 3.14. The van der Waals surface area contributed by atoms with Crippen molar-refractivity contribution in [2.24, 2.45) is 17.8 Å². The van der Waals surface area contributed by atoms with Gasteiger partial charge in [-0.05, 0) is 31.6 Å². The minimum absolute atomic E-state index is 0.441. The van der Waals surface area contributed by atoms with Gasteiger partial charge in [-0.3, -0.25) is 0 Å². The zero-order chi connectivity index (χ0) is 8.59. The third-order valence-electron chi connectivity index (χ3n) is 3.57. The zero-order valence-corrected chi connectivity index (χ0v) is 8.29. The topological polar surface area (TPSA) is 9.23 Å². The summed E-state index contributed by atoms with van der Waals surface area (Å²) in [7, 11) is 0. The van der Waals surface area contributed by atoms with Gasteiger partial charge in [-0.15, -0.1) is 0 Å². The highest BCUT2D eigenvalue weighted by Crippen LogP contribution is 2.34. The first kappa shape index (κ1) is 9.05. The molecule has 1 rings (SSSR count). The van der Waals surface area contributed by atoms with Crippen molar-refractivity contribution in [2.75, 3.05) is 0 Å². The molecule has 1 heteroatoms. The fourth-order valence-electron chi connectivity index (χ4n) is 1.92. The van der Waals surface area contributed by atoms with Crippen molar-refractivity contribution in [3.8, 4) is 0 Å². The van der Waals surface area contributed by atoms with Crippen molar-refractivity contribution in [1.29, 1.82) is 0 Å². The van der Waals surface area contributed by atoms with Crippen molar-refractivity contribution in [1.82, 2.24) is 0 Å². The van der Waals surface area contributed by atoms with Gasteiger partial charge in [0.15, 0.2) is 0 Å². The van der Waals surface area contributed by atoms with Gasteiger partial charge in [0.25, 0.3) is 0 Å². The van der Waals surface area contributed by atoms with Crippen LogP contribution in [0.3, 0.4) is 0 Å². The van der Waals surface area contributed by atoms with Crippen LogP contribution in [-0.4, -0.2) is 12.2 Å². The molecule has 0 spiro atoms. The molecule has 4 unspecified atom stereocenters. The van der Waals surface area contributed by atoms with E-state index in [2.05, 4.69) is 34.6 Å². The Labute approximate surface area is 70.1 Å². The van der Waals surface area contributed by atoms with E-state index < -0.39 is 0 Å².